The van der Waals surface area contributed by atoms with Gasteiger partial charge in [-0.05, 0) is 12.1 Å². The molecule has 1 heterocycles. The number of carbonyl (C=O) groups is 1. The zero-order valence-electron chi connectivity index (χ0n) is 13.1. The zero-order valence-corrected chi connectivity index (χ0v) is 13.1. The Morgan fingerprint density at radius 1 is 1.27 bits per heavy atom. The Bertz CT molecular complexity index is 603. The number of amides is 1. The number of hydrogen-bond donors (Lipinski definition) is 1. The first-order valence-corrected chi connectivity index (χ1v) is 7.23. The fourth-order valence-corrected chi connectivity index (χ4v) is 1.66. The number of nitrogens with one attached hydrogen (secondary N) is 1. The van der Waals surface area contributed by atoms with Crippen molar-refractivity contribution >= 4 is 5.91 Å². The molecule has 6 heteroatoms. The molecular weight excluding hydrogens is 282 g/mol. The molecule has 118 valence electrons. The molecule has 1 aromatic carbocycles. The van der Waals surface area contributed by atoms with Crippen LogP contribution in [0, 0.1) is 5.41 Å². The molecule has 0 spiro atoms. The highest BCUT2D eigenvalue weighted by molar-refractivity contribution is 5.81. The molecule has 1 amide bonds. The number of para-hydroxylation sites is 1. The second-order valence-corrected chi connectivity index (χ2v) is 5.96. The van der Waals surface area contributed by atoms with Crippen molar-refractivity contribution in [2.75, 3.05) is 6.54 Å². The van der Waals surface area contributed by atoms with Gasteiger partial charge in [0.25, 0.3) is 0 Å². The van der Waals surface area contributed by atoms with E-state index in [0.717, 1.165) is 5.75 Å². The van der Waals surface area contributed by atoms with Crippen LogP contribution in [0.5, 0.6) is 5.75 Å². The van der Waals surface area contributed by atoms with Crippen molar-refractivity contribution in [2.45, 2.75) is 33.8 Å². The van der Waals surface area contributed by atoms with E-state index in [9.17, 15) is 4.79 Å². The highest BCUT2D eigenvalue weighted by Crippen LogP contribution is 2.12. The van der Waals surface area contributed by atoms with E-state index in [1.54, 1.807) is 0 Å². The second kappa shape index (κ2) is 7.06. The maximum atomic E-state index is 11.7. The van der Waals surface area contributed by atoms with Crippen LogP contribution in [0.3, 0.4) is 0 Å². The number of rotatable bonds is 6. The van der Waals surface area contributed by atoms with E-state index in [0.29, 0.717) is 24.7 Å². The van der Waals surface area contributed by atoms with Crippen LogP contribution in [0.25, 0.3) is 0 Å². The Labute approximate surface area is 129 Å². The van der Waals surface area contributed by atoms with Gasteiger partial charge in [0.2, 0.25) is 17.6 Å². The maximum Gasteiger partial charge on any atom is 0.228 e. The lowest BCUT2D eigenvalue weighted by molar-refractivity contribution is -0.128. The Hall–Kier alpha value is -2.37. The van der Waals surface area contributed by atoms with E-state index in [1.165, 1.54) is 0 Å². The summed E-state index contributed by atoms with van der Waals surface area (Å²) in [5, 5.41) is 6.69. The van der Waals surface area contributed by atoms with Gasteiger partial charge in [0.1, 0.15) is 5.75 Å². The Balaban J connectivity index is 1.76. The van der Waals surface area contributed by atoms with Crippen LogP contribution in [0.1, 0.15) is 32.5 Å². The third-order valence-corrected chi connectivity index (χ3v) is 2.93. The molecular formula is C16H21N3O3. The standard InChI is InChI=1S/C16H21N3O3/c1-16(2,3)15(20)17-10-9-14-18-13(19-22-14)11-21-12-7-5-4-6-8-12/h4-8H,9-11H2,1-3H3,(H,17,20). The Morgan fingerprint density at radius 3 is 2.68 bits per heavy atom. The quantitative estimate of drug-likeness (QED) is 0.886. The third-order valence-electron chi connectivity index (χ3n) is 2.93. The van der Waals surface area contributed by atoms with Gasteiger partial charge in [-0.25, -0.2) is 0 Å². The number of aromatic nitrogens is 2. The minimum atomic E-state index is -0.399. The van der Waals surface area contributed by atoms with Crippen molar-refractivity contribution in [1.82, 2.24) is 15.5 Å². The molecule has 0 aliphatic rings. The first-order valence-electron chi connectivity index (χ1n) is 7.23. The van der Waals surface area contributed by atoms with Gasteiger partial charge in [0.05, 0.1) is 0 Å². The Morgan fingerprint density at radius 2 is 2.00 bits per heavy atom. The summed E-state index contributed by atoms with van der Waals surface area (Å²) in [6.07, 6.45) is 0.500. The highest BCUT2D eigenvalue weighted by atomic mass is 16.5. The van der Waals surface area contributed by atoms with Crippen molar-refractivity contribution in [3.05, 3.63) is 42.0 Å². The third kappa shape index (κ3) is 4.87. The summed E-state index contributed by atoms with van der Waals surface area (Å²) in [5.41, 5.74) is -0.399. The lowest BCUT2D eigenvalue weighted by Crippen LogP contribution is -2.35. The van der Waals surface area contributed by atoms with Crippen molar-refractivity contribution in [1.29, 1.82) is 0 Å². The normalized spacial score (nSPS) is 11.2. The van der Waals surface area contributed by atoms with Crippen LogP contribution in [0.15, 0.2) is 34.9 Å². The van der Waals surface area contributed by atoms with Gasteiger partial charge in [0, 0.05) is 18.4 Å². The topological polar surface area (TPSA) is 77.2 Å². The molecule has 1 N–H and O–H groups in total. The van der Waals surface area contributed by atoms with Crippen molar-refractivity contribution in [2.24, 2.45) is 5.41 Å². The fourth-order valence-electron chi connectivity index (χ4n) is 1.66. The van der Waals surface area contributed by atoms with Gasteiger partial charge in [0.15, 0.2) is 6.61 Å². The molecule has 0 saturated carbocycles. The van der Waals surface area contributed by atoms with E-state index >= 15 is 0 Å². The van der Waals surface area contributed by atoms with E-state index in [1.807, 2.05) is 51.1 Å². The lowest BCUT2D eigenvalue weighted by Gasteiger charge is -2.16. The minimum absolute atomic E-state index is 0.000324. The Kier molecular flexibility index (Phi) is 5.14. The first-order chi connectivity index (χ1) is 10.4. The van der Waals surface area contributed by atoms with Gasteiger partial charge in [-0.3, -0.25) is 4.79 Å². The van der Waals surface area contributed by atoms with Crippen LogP contribution in [0.2, 0.25) is 0 Å². The molecule has 6 nitrogen and oxygen atoms in total. The van der Waals surface area contributed by atoms with Crippen molar-refractivity contribution in [3.8, 4) is 5.75 Å². The van der Waals surface area contributed by atoms with E-state index in [2.05, 4.69) is 15.5 Å². The predicted molar refractivity (Wildman–Crippen MR) is 81.2 cm³/mol. The number of ether oxygens (including phenoxy) is 1. The van der Waals surface area contributed by atoms with E-state index < -0.39 is 5.41 Å². The SMILES string of the molecule is CC(C)(C)C(=O)NCCc1nc(COc2ccccc2)no1. The number of carbonyl (C=O) groups excluding carboxylic acids is 1. The molecule has 0 saturated heterocycles. The summed E-state index contributed by atoms with van der Waals surface area (Å²) in [6.45, 7) is 6.33. The van der Waals surface area contributed by atoms with Crippen LogP contribution in [-0.2, 0) is 17.8 Å². The second-order valence-electron chi connectivity index (χ2n) is 5.96. The van der Waals surface area contributed by atoms with Crippen LogP contribution in [0.4, 0.5) is 0 Å². The molecule has 0 fully saturated rings. The largest absolute Gasteiger partial charge is 0.485 e. The van der Waals surface area contributed by atoms with Crippen molar-refractivity contribution < 1.29 is 14.1 Å². The average molecular weight is 303 g/mol. The lowest BCUT2D eigenvalue weighted by atomic mass is 9.96. The smallest absolute Gasteiger partial charge is 0.228 e. The average Bonchev–Trinajstić information content (AvgIpc) is 2.93. The molecule has 1 aromatic heterocycles. The summed E-state index contributed by atoms with van der Waals surface area (Å²) in [5.74, 6) is 1.73. The van der Waals surface area contributed by atoms with Gasteiger partial charge in [-0.2, -0.15) is 4.98 Å². The number of hydrogen-bond acceptors (Lipinski definition) is 5. The molecule has 0 aliphatic heterocycles. The van der Waals surface area contributed by atoms with Gasteiger partial charge < -0.3 is 14.6 Å². The molecule has 2 aromatic rings. The maximum absolute atomic E-state index is 11.7. The molecule has 0 atom stereocenters. The van der Waals surface area contributed by atoms with Crippen LogP contribution >= 0.6 is 0 Å². The van der Waals surface area contributed by atoms with Gasteiger partial charge >= 0.3 is 0 Å². The molecule has 2 rings (SSSR count). The van der Waals surface area contributed by atoms with Gasteiger partial charge in [-0.15, -0.1) is 0 Å². The monoisotopic (exact) mass is 303 g/mol. The molecule has 0 aliphatic carbocycles. The molecule has 22 heavy (non-hydrogen) atoms. The summed E-state index contributed by atoms with van der Waals surface area (Å²) in [6, 6.07) is 9.45. The van der Waals surface area contributed by atoms with Crippen LogP contribution in [-0.4, -0.2) is 22.6 Å². The molecule has 0 radical (unpaired) electrons. The molecule has 0 bridgehead atoms. The van der Waals surface area contributed by atoms with Gasteiger partial charge in [-0.1, -0.05) is 44.1 Å². The minimum Gasteiger partial charge on any atom is -0.485 e. The summed E-state index contributed by atoms with van der Waals surface area (Å²) >= 11 is 0. The number of benzene rings is 1. The summed E-state index contributed by atoms with van der Waals surface area (Å²) < 4.78 is 10.7. The van der Waals surface area contributed by atoms with Crippen molar-refractivity contribution in [3.63, 3.8) is 0 Å². The molecule has 0 unspecified atom stereocenters. The fraction of sp³-hybridized carbons (Fsp3) is 0.438. The number of nitrogens with zero attached hydrogens (tertiary/aromatic N) is 2. The predicted octanol–water partition coefficient (Wildman–Crippen LogP) is 2.35. The zero-order chi connectivity index (χ0) is 16.0. The van der Waals surface area contributed by atoms with E-state index in [-0.39, 0.29) is 12.5 Å². The first kappa shape index (κ1) is 16.0. The summed E-state index contributed by atoms with van der Waals surface area (Å²) in [7, 11) is 0. The summed E-state index contributed by atoms with van der Waals surface area (Å²) in [4.78, 5) is 16.0. The van der Waals surface area contributed by atoms with Crippen LogP contribution < -0.4 is 10.1 Å². The highest BCUT2D eigenvalue weighted by Gasteiger charge is 2.20. The van der Waals surface area contributed by atoms with E-state index in [4.69, 9.17) is 9.26 Å².